The minimum atomic E-state index is -3.82. The van der Waals surface area contributed by atoms with E-state index in [0.717, 1.165) is 17.3 Å². The van der Waals surface area contributed by atoms with Crippen molar-refractivity contribution < 1.29 is 18.3 Å². The monoisotopic (exact) mass is 346 g/mol. The van der Waals surface area contributed by atoms with Gasteiger partial charge in [0.2, 0.25) is 0 Å². The Labute approximate surface area is 120 Å². The third-order valence-electron chi connectivity index (χ3n) is 3.55. The molecule has 0 aromatic heterocycles. The van der Waals surface area contributed by atoms with Gasteiger partial charge in [0.15, 0.2) is 15.1 Å². The Kier molecular flexibility index (Phi) is 4.30. The second-order valence-electron chi connectivity index (χ2n) is 4.80. The quantitative estimate of drug-likeness (QED) is 0.909. The molecule has 104 valence electrons. The summed E-state index contributed by atoms with van der Waals surface area (Å²) >= 11 is 3.23. The summed E-state index contributed by atoms with van der Waals surface area (Å²) in [5.74, 6) is -1.51. The number of hydrogen-bond acceptors (Lipinski definition) is 3. The zero-order valence-electron chi connectivity index (χ0n) is 10.3. The van der Waals surface area contributed by atoms with Crippen LogP contribution >= 0.6 is 15.9 Å². The van der Waals surface area contributed by atoms with Gasteiger partial charge in [-0.2, -0.15) is 0 Å². The van der Waals surface area contributed by atoms with Gasteiger partial charge in [-0.1, -0.05) is 28.8 Å². The highest BCUT2D eigenvalue weighted by Gasteiger charge is 2.41. The molecule has 0 heterocycles. The first kappa shape index (κ1) is 14.5. The predicted molar refractivity (Wildman–Crippen MR) is 74.7 cm³/mol. The van der Waals surface area contributed by atoms with Gasteiger partial charge in [-0.3, -0.25) is 4.79 Å². The van der Waals surface area contributed by atoms with Crippen LogP contribution in [0.15, 0.2) is 33.6 Å². The molecule has 4 nitrogen and oxygen atoms in total. The fraction of sp³-hybridized carbons (Fsp3) is 0.462. The molecular weight excluding hydrogens is 332 g/mol. The van der Waals surface area contributed by atoms with E-state index in [2.05, 4.69) is 15.9 Å². The summed E-state index contributed by atoms with van der Waals surface area (Å²) in [5.41, 5.74) is 0. The number of hydrogen-bond donors (Lipinski definition) is 1. The van der Waals surface area contributed by atoms with Gasteiger partial charge in [0.05, 0.1) is 4.90 Å². The summed E-state index contributed by atoms with van der Waals surface area (Å²) in [4.78, 5) is 11.5. The van der Waals surface area contributed by atoms with Gasteiger partial charge in [0, 0.05) is 4.47 Å². The molecule has 19 heavy (non-hydrogen) atoms. The Hall–Kier alpha value is -0.880. The third kappa shape index (κ3) is 3.00. The molecule has 1 unspecified atom stereocenters. The van der Waals surface area contributed by atoms with Crippen LogP contribution in [0.2, 0.25) is 0 Å². The summed E-state index contributed by atoms with van der Waals surface area (Å²) in [6.45, 7) is 0. The van der Waals surface area contributed by atoms with Crippen LogP contribution in [0.5, 0.6) is 0 Å². The van der Waals surface area contributed by atoms with E-state index < -0.39 is 21.1 Å². The minimum Gasteiger partial charge on any atom is -0.480 e. The van der Waals surface area contributed by atoms with Crippen molar-refractivity contribution in [2.75, 3.05) is 0 Å². The molecular formula is C13H15BrO4S. The first-order valence-corrected chi connectivity index (χ1v) is 8.49. The van der Waals surface area contributed by atoms with E-state index in [1.54, 1.807) is 12.1 Å². The second kappa shape index (κ2) is 5.63. The van der Waals surface area contributed by atoms with Gasteiger partial charge >= 0.3 is 5.97 Å². The maximum Gasteiger partial charge on any atom is 0.322 e. The molecule has 1 saturated carbocycles. The van der Waals surface area contributed by atoms with Crippen LogP contribution < -0.4 is 0 Å². The van der Waals surface area contributed by atoms with Gasteiger partial charge < -0.3 is 5.11 Å². The zero-order valence-corrected chi connectivity index (χ0v) is 12.7. The fourth-order valence-corrected chi connectivity index (χ4v) is 4.74. The number of rotatable bonds is 4. The molecule has 1 aliphatic carbocycles. The van der Waals surface area contributed by atoms with Crippen molar-refractivity contribution in [3.8, 4) is 0 Å². The number of carboxylic acids is 1. The molecule has 1 aliphatic rings. The Bertz CT molecular complexity index is 559. The number of sulfone groups is 1. The van der Waals surface area contributed by atoms with E-state index in [9.17, 15) is 18.3 Å². The van der Waals surface area contributed by atoms with E-state index in [0.29, 0.717) is 12.8 Å². The van der Waals surface area contributed by atoms with E-state index in [1.165, 1.54) is 12.1 Å². The normalized spacial score (nSPS) is 18.4. The molecule has 1 fully saturated rings. The van der Waals surface area contributed by atoms with Crippen molar-refractivity contribution in [3.63, 3.8) is 0 Å². The van der Waals surface area contributed by atoms with Crippen molar-refractivity contribution in [2.45, 2.75) is 35.8 Å². The molecule has 1 aromatic rings. The van der Waals surface area contributed by atoms with Crippen molar-refractivity contribution in [2.24, 2.45) is 5.92 Å². The van der Waals surface area contributed by atoms with Crippen LogP contribution in [0.25, 0.3) is 0 Å². The standard InChI is InChI=1S/C13H15BrO4S/c14-10-5-7-11(8-6-10)19(17,18)12(13(15)16)9-3-1-2-4-9/h5-9,12H,1-4H2,(H,15,16). The SMILES string of the molecule is O=C(O)C(C1CCCC1)S(=O)(=O)c1ccc(Br)cc1. The molecule has 0 radical (unpaired) electrons. The molecule has 0 aliphatic heterocycles. The molecule has 1 N–H and O–H groups in total. The lowest BCUT2D eigenvalue weighted by molar-refractivity contribution is -0.137. The van der Waals surface area contributed by atoms with Crippen molar-refractivity contribution >= 4 is 31.7 Å². The van der Waals surface area contributed by atoms with Crippen LogP contribution in [0.3, 0.4) is 0 Å². The zero-order chi connectivity index (χ0) is 14.0. The van der Waals surface area contributed by atoms with Gasteiger partial charge in [0.1, 0.15) is 0 Å². The molecule has 1 atom stereocenters. The van der Waals surface area contributed by atoms with Crippen LogP contribution in [-0.4, -0.2) is 24.7 Å². The Morgan fingerprint density at radius 2 is 1.74 bits per heavy atom. The van der Waals surface area contributed by atoms with Crippen LogP contribution in [-0.2, 0) is 14.6 Å². The van der Waals surface area contributed by atoms with E-state index in [1.807, 2.05) is 0 Å². The highest BCUT2D eigenvalue weighted by molar-refractivity contribution is 9.10. The molecule has 1 aromatic carbocycles. The summed E-state index contributed by atoms with van der Waals surface area (Å²) in [6.07, 6.45) is 3.16. The second-order valence-corrected chi connectivity index (χ2v) is 7.79. The lowest BCUT2D eigenvalue weighted by Crippen LogP contribution is -2.36. The van der Waals surface area contributed by atoms with E-state index in [-0.39, 0.29) is 10.8 Å². The largest absolute Gasteiger partial charge is 0.480 e. The minimum absolute atomic E-state index is 0.0787. The van der Waals surface area contributed by atoms with E-state index in [4.69, 9.17) is 0 Å². The summed E-state index contributed by atoms with van der Waals surface area (Å²) in [6, 6.07) is 6.12. The average Bonchev–Trinajstić information content (AvgIpc) is 2.82. The maximum absolute atomic E-state index is 12.5. The summed E-state index contributed by atoms with van der Waals surface area (Å²) in [7, 11) is -3.82. The molecule has 2 rings (SSSR count). The van der Waals surface area contributed by atoms with Gasteiger partial charge in [0.25, 0.3) is 0 Å². The number of carboxylic acid groups (broad SMARTS) is 1. The molecule has 0 amide bonds. The predicted octanol–water partition coefficient (Wildman–Crippen LogP) is 2.87. The first-order chi connectivity index (χ1) is 8.93. The average molecular weight is 347 g/mol. The van der Waals surface area contributed by atoms with Crippen LogP contribution in [0, 0.1) is 5.92 Å². The van der Waals surface area contributed by atoms with Gasteiger partial charge in [-0.05, 0) is 43.0 Å². The Morgan fingerprint density at radius 3 is 2.21 bits per heavy atom. The van der Waals surface area contributed by atoms with Crippen molar-refractivity contribution in [1.82, 2.24) is 0 Å². The summed E-state index contributed by atoms with van der Waals surface area (Å²) < 4.78 is 25.7. The van der Waals surface area contributed by atoms with Crippen molar-refractivity contribution in [1.29, 1.82) is 0 Å². The van der Waals surface area contributed by atoms with Gasteiger partial charge in [-0.15, -0.1) is 0 Å². The highest BCUT2D eigenvalue weighted by atomic mass is 79.9. The molecule has 0 saturated heterocycles. The Morgan fingerprint density at radius 1 is 1.21 bits per heavy atom. The summed E-state index contributed by atoms with van der Waals surface area (Å²) in [5, 5.41) is 7.97. The molecule has 0 bridgehead atoms. The first-order valence-electron chi connectivity index (χ1n) is 6.15. The number of benzene rings is 1. The maximum atomic E-state index is 12.5. The molecule has 0 spiro atoms. The van der Waals surface area contributed by atoms with Crippen LogP contribution in [0.1, 0.15) is 25.7 Å². The number of carbonyl (C=O) groups is 1. The lowest BCUT2D eigenvalue weighted by Gasteiger charge is -2.19. The molecule has 6 heteroatoms. The topological polar surface area (TPSA) is 71.4 Å². The lowest BCUT2D eigenvalue weighted by atomic mass is 10.0. The van der Waals surface area contributed by atoms with E-state index >= 15 is 0 Å². The van der Waals surface area contributed by atoms with Gasteiger partial charge in [-0.25, -0.2) is 8.42 Å². The Balaban J connectivity index is 2.39. The highest BCUT2D eigenvalue weighted by Crippen LogP contribution is 2.34. The smallest absolute Gasteiger partial charge is 0.322 e. The number of halogens is 1. The fourth-order valence-electron chi connectivity index (χ4n) is 2.62. The van der Waals surface area contributed by atoms with Crippen molar-refractivity contribution in [3.05, 3.63) is 28.7 Å². The number of aliphatic carboxylic acids is 1. The third-order valence-corrected chi connectivity index (χ3v) is 6.26. The van der Waals surface area contributed by atoms with Crippen LogP contribution in [0.4, 0.5) is 0 Å².